The van der Waals surface area contributed by atoms with E-state index < -0.39 is 0 Å². The highest BCUT2D eigenvalue weighted by Gasteiger charge is 2.07. The molecule has 0 saturated heterocycles. The Hall–Kier alpha value is -2.49. The molecule has 0 heterocycles. The first kappa shape index (κ1) is 14.9. The lowest BCUT2D eigenvalue weighted by atomic mass is 10.2. The number of nitrogens with one attached hydrogen (secondary N) is 1. The first-order chi connectivity index (χ1) is 10.2. The topological polar surface area (TPSA) is 47.6 Å². The average molecular weight is 285 g/mol. The van der Waals surface area contributed by atoms with Gasteiger partial charge in [0, 0.05) is 0 Å². The van der Waals surface area contributed by atoms with E-state index in [9.17, 15) is 4.79 Å². The number of ether oxygens (including phenoxy) is 2. The number of anilines is 1. The largest absolute Gasteiger partial charge is 0.495 e. The average Bonchev–Trinajstić information content (AvgIpc) is 2.48. The SMILES string of the molecule is COc1ccccc1NC(=O)CCOc1cccc(C)c1. The van der Waals surface area contributed by atoms with Crippen LogP contribution in [0.4, 0.5) is 5.69 Å². The van der Waals surface area contributed by atoms with E-state index in [4.69, 9.17) is 9.47 Å². The van der Waals surface area contributed by atoms with Crippen LogP contribution in [0.15, 0.2) is 48.5 Å². The second-order valence-electron chi connectivity index (χ2n) is 4.66. The highest BCUT2D eigenvalue weighted by atomic mass is 16.5. The second kappa shape index (κ2) is 7.33. The number of methoxy groups -OCH3 is 1. The van der Waals surface area contributed by atoms with Crippen LogP contribution in [0.2, 0.25) is 0 Å². The molecule has 0 aliphatic carbocycles. The molecule has 1 amide bonds. The minimum atomic E-state index is -0.104. The third-order valence-corrected chi connectivity index (χ3v) is 2.97. The zero-order chi connectivity index (χ0) is 15.1. The van der Waals surface area contributed by atoms with E-state index in [1.54, 1.807) is 19.2 Å². The van der Waals surface area contributed by atoms with Gasteiger partial charge in [-0.25, -0.2) is 0 Å². The number of aryl methyl sites for hydroxylation is 1. The fourth-order valence-corrected chi connectivity index (χ4v) is 1.93. The van der Waals surface area contributed by atoms with Crippen LogP contribution in [0, 0.1) is 6.92 Å². The number of benzene rings is 2. The molecule has 0 aliphatic heterocycles. The molecule has 2 aromatic carbocycles. The van der Waals surface area contributed by atoms with Crippen LogP contribution in [0.5, 0.6) is 11.5 Å². The normalized spacial score (nSPS) is 10.0. The van der Waals surface area contributed by atoms with Gasteiger partial charge < -0.3 is 14.8 Å². The maximum Gasteiger partial charge on any atom is 0.227 e. The third-order valence-electron chi connectivity index (χ3n) is 2.97. The Morgan fingerprint density at radius 2 is 1.95 bits per heavy atom. The van der Waals surface area contributed by atoms with Crippen molar-refractivity contribution in [2.45, 2.75) is 13.3 Å². The lowest BCUT2D eigenvalue weighted by molar-refractivity contribution is -0.116. The molecule has 2 rings (SSSR count). The van der Waals surface area contributed by atoms with Crippen molar-refractivity contribution in [1.82, 2.24) is 0 Å². The lowest BCUT2D eigenvalue weighted by Crippen LogP contribution is -2.15. The molecular weight excluding hydrogens is 266 g/mol. The van der Waals surface area contributed by atoms with Crippen LogP contribution < -0.4 is 14.8 Å². The van der Waals surface area contributed by atoms with Crippen molar-refractivity contribution in [3.63, 3.8) is 0 Å². The molecule has 0 atom stereocenters. The Balaban J connectivity index is 1.82. The Morgan fingerprint density at radius 1 is 1.14 bits per heavy atom. The smallest absolute Gasteiger partial charge is 0.227 e. The highest BCUT2D eigenvalue weighted by Crippen LogP contribution is 2.23. The molecule has 0 spiro atoms. The van der Waals surface area contributed by atoms with Crippen molar-refractivity contribution in [3.05, 3.63) is 54.1 Å². The molecule has 0 aromatic heterocycles. The predicted molar refractivity (Wildman–Crippen MR) is 82.9 cm³/mol. The molecule has 4 nitrogen and oxygen atoms in total. The summed E-state index contributed by atoms with van der Waals surface area (Å²) in [6.45, 7) is 2.34. The van der Waals surface area contributed by atoms with Gasteiger partial charge in [-0.3, -0.25) is 4.79 Å². The predicted octanol–water partition coefficient (Wildman–Crippen LogP) is 3.41. The molecule has 0 aliphatic rings. The van der Waals surface area contributed by atoms with E-state index in [1.165, 1.54) is 0 Å². The number of carbonyl (C=O) groups excluding carboxylic acids is 1. The number of amides is 1. The van der Waals surface area contributed by atoms with Crippen LogP contribution in [0.25, 0.3) is 0 Å². The molecule has 0 unspecified atom stereocenters. The van der Waals surface area contributed by atoms with Gasteiger partial charge in [0.1, 0.15) is 11.5 Å². The maximum absolute atomic E-state index is 11.9. The number of hydrogen-bond donors (Lipinski definition) is 1. The Morgan fingerprint density at radius 3 is 2.71 bits per heavy atom. The summed E-state index contributed by atoms with van der Waals surface area (Å²) in [5, 5.41) is 2.82. The summed E-state index contributed by atoms with van der Waals surface area (Å²) in [4.78, 5) is 11.9. The fraction of sp³-hybridized carbons (Fsp3) is 0.235. The van der Waals surface area contributed by atoms with Crippen molar-refractivity contribution in [2.75, 3.05) is 19.0 Å². The number of rotatable bonds is 6. The van der Waals surface area contributed by atoms with Gasteiger partial charge in [-0.05, 0) is 36.8 Å². The van der Waals surface area contributed by atoms with Crippen molar-refractivity contribution in [1.29, 1.82) is 0 Å². The van der Waals surface area contributed by atoms with Crippen LogP contribution in [0.3, 0.4) is 0 Å². The van der Waals surface area contributed by atoms with Crippen LogP contribution >= 0.6 is 0 Å². The van der Waals surface area contributed by atoms with Crippen LogP contribution in [0.1, 0.15) is 12.0 Å². The standard InChI is InChI=1S/C17H19NO3/c1-13-6-5-7-14(12-13)21-11-10-17(19)18-15-8-3-4-9-16(15)20-2/h3-9,12H,10-11H2,1-2H3,(H,18,19). The minimum absolute atomic E-state index is 0.104. The summed E-state index contributed by atoms with van der Waals surface area (Å²) >= 11 is 0. The van der Waals surface area contributed by atoms with Gasteiger partial charge in [0.15, 0.2) is 0 Å². The molecule has 21 heavy (non-hydrogen) atoms. The maximum atomic E-state index is 11.9. The second-order valence-corrected chi connectivity index (χ2v) is 4.66. The molecule has 0 saturated carbocycles. The van der Waals surface area contributed by atoms with Gasteiger partial charge in [0.05, 0.1) is 25.8 Å². The number of para-hydroxylation sites is 2. The van der Waals surface area contributed by atoms with E-state index in [-0.39, 0.29) is 12.3 Å². The quantitative estimate of drug-likeness (QED) is 0.884. The van der Waals surface area contributed by atoms with E-state index in [0.717, 1.165) is 11.3 Å². The Kier molecular flexibility index (Phi) is 5.21. The third kappa shape index (κ3) is 4.53. The monoisotopic (exact) mass is 285 g/mol. The summed E-state index contributed by atoms with van der Waals surface area (Å²) in [6, 6.07) is 15.1. The van der Waals surface area contributed by atoms with Crippen molar-refractivity contribution in [3.8, 4) is 11.5 Å². The zero-order valence-corrected chi connectivity index (χ0v) is 12.3. The molecule has 110 valence electrons. The molecule has 0 bridgehead atoms. The zero-order valence-electron chi connectivity index (χ0n) is 12.3. The first-order valence-electron chi connectivity index (χ1n) is 6.81. The van der Waals surface area contributed by atoms with Gasteiger partial charge in [-0.1, -0.05) is 24.3 Å². The fourth-order valence-electron chi connectivity index (χ4n) is 1.93. The van der Waals surface area contributed by atoms with Crippen LogP contribution in [-0.4, -0.2) is 19.6 Å². The van der Waals surface area contributed by atoms with E-state index in [2.05, 4.69) is 5.32 Å². The van der Waals surface area contributed by atoms with Gasteiger partial charge in [0.25, 0.3) is 0 Å². The Bertz CT molecular complexity index is 610. The molecule has 1 N–H and O–H groups in total. The molecule has 4 heteroatoms. The Labute approximate surface area is 124 Å². The van der Waals surface area contributed by atoms with Crippen molar-refractivity contribution in [2.24, 2.45) is 0 Å². The van der Waals surface area contributed by atoms with E-state index in [1.807, 2.05) is 43.3 Å². The highest BCUT2D eigenvalue weighted by molar-refractivity contribution is 5.92. The minimum Gasteiger partial charge on any atom is -0.495 e. The van der Waals surface area contributed by atoms with Gasteiger partial charge >= 0.3 is 0 Å². The molecule has 0 fully saturated rings. The molecule has 0 radical (unpaired) electrons. The van der Waals surface area contributed by atoms with Crippen LogP contribution in [-0.2, 0) is 4.79 Å². The van der Waals surface area contributed by atoms with Gasteiger partial charge in [-0.15, -0.1) is 0 Å². The van der Waals surface area contributed by atoms with Gasteiger partial charge in [-0.2, -0.15) is 0 Å². The lowest BCUT2D eigenvalue weighted by Gasteiger charge is -2.10. The number of hydrogen-bond acceptors (Lipinski definition) is 3. The molecular formula is C17H19NO3. The van der Waals surface area contributed by atoms with Gasteiger partial charge in [0.2, 0.25) is 5.91 Å². The summed E-state index contributed by atoms with van der Waals surface area (Å²) in [5.74, 6) is 1.32. The summed E-state index contributed by atoms with van der Waals surface area (Å²) in [6.07, 6.45) is 0.284. The first-order valence-corrected chi connectivity index (χ1v) is 6.81. The summed E-state index contributed by atoms with van der Waals surface area (Å²) in [7, 11) is 1.58. The van der Waals surface area contributed by atoms with E-state index in [0.29, 0.717) is 18.0 Å². The summed E-state index contributed by atoms with van der Waals surface area (Å²) in [5.41, 5.74) is 1.80. The van der Waals surface area contributed by atoms with Crippen molar-refractivity contribution < 1.29 is 14.3 Å². The number of carbonyl (C=O) groups is 1. The van der Waals surface area contributed by atoms with E-state index >= 15 is 0 Å². The van der Waals surface area contributed by atoms with Crippen molar-refractivity contribution >= 4 is 11.6 Å². The summed E-state index contributed by atoms with van der Waals surface area (Å²) < 4.78 is 10.7. The molecule has 2 aromatic rings.